The summed E-state index contributed by atoms with van der Waals surface area (Å²) in [6.45, 7) is 0.258. The first kappa shape index (κ1) is 17.7. The van der Waals surface area contributed by atoms with Crippen LogP contribution in [0.3, 0.4) is 0 Å². The van der Waals surface area contributed by atoms with Gasteiger partial charge in [-0.1, -0.05) is 54.6 Å². The summed E-state index contributed by atoms with van der Waals surface area (Å²) in [6.07, 6.45) is 0. The quantitative estimate of drug-likeness (QED) is 0.341. The molecule has 0 spiro atoms. The van der Waals surface area contributed by atoms with Crippen molar-refractivity contribution >= 4 is 22.2 Å². The lowest BCUT2D eigenvalue weighted by molar-refractivity contribution is -0.384. The number of benzene rings is 3. The molecule has 0 unspecified atom stereocenters. The maximum Gasteiger partial charge on any atom is 0.351 e. The zero-order chi connectivity index (χ0) is 20.7. The number of rotatable bonds is 4. The van der Waals surface area contributed by atoms with E-state index in [9.17, 15) is 14.9 Å². The predicted molar refractivity (Wildman–Crippen MR) is 112 cm³/mol. The van der Waals surface area contributed by atoms with Crippen molar-refractivity contribution in [2.24, 2.45) is 0 Å². The van der Waals surface area contributed by atoms with Crippen LogP contribution in [0.15, 0.2) is 83.7 Å². The SMILES string of the molecule is O=c1n(Cc2ccc([N+](=O)[O-])cc2)c2ccccc2c2nc(-c3ccccc3)nn12. The van der Waals surface area contributed by atoms with E-state index in [1.54, 1.807) is 16.7 Å². The molecule has 5 rings (SSSR count). The van der Waals surface area contributed by atoms with Crippen LogP contribution in [-0.2, 0) is 6.54 Å². The number of non-ortho nitro benzene ring substituents is 1. The zero-order valence-electron chi connectivity index (χ0n) is 15.7. The fourth-order valence-electron chi connectivity index (χ4n) is 3.50. The van der Waals surface area contributed by atoms with Gasteiger partial charge in [0.15, 0.2) is 11.5 Å². The van der Waals surface area contributed by atoms with Crippen LogP contribution in [0, 0.1) is 10.1 Å². The number of aromatic nitrogens is 4. The molecular weight excluding hydrogens is 382 g/mol. The molecule has 8 heteroatoms. The summed E-state index contributed by atoms with van der Waals surface area (Å²) in [7, 11) is 0. The average molecular weight is 397 g/mol. The first-order valence-corrected chi connectivity index (χ1v) is 9.29. The fourth-order valence-corrected chi connectivity index (χ4v) is 3.50. The molecule has 0 radical (unpaired) electrons. The Kier molecular flexibility index (Phi) is 4.10. The third-order valence-corrected chi connectivity index (χ3v) is 4.97. The molecule has 0 aliphatic heterocycles. The van der Waals surface area contributed by atoms with Gasteiger partial charge >= 0.3 is 5.69 Å². The first-order chi connectivity index (χ1) is 14.6. The molecule has 0 bridgehead atoms. The van der Waals surface area contributed by atoms with Crippen molar-refractivity contribution in [3.63, 3.8) is 0 Å². The van der Waals surface area contributed by atoms with Gasteiger partial charge < -0.3 is 0 Å². The van der Waals surface area contributed by atoms with Crippen LogP contribution in [0.5, 0.6) is 0 Å². The van der Waals surface area contributed by atoms with E-state index < -0.39 is 4.92 Å². The number of hydrogen-bond donors (Lipinski definition) is 0. The minimum absolute atomic E-state index is 0.00943. The first-order valence-electron chi connectivity index (χ1n) is 9.29. The summed E-state index contributed by atoms with van der Waals surface area (Å²) in [4.78, 5) is 28.3. The molecule has 2 aromatic heterocycles. The van der Waals surface area contributed by atoms with Gasteiger partial charge in [-0.15, -0.1) is 5.10 Å². The highest BCUT2D eigenvalue weighted by Gasteiger charge is 2.16. The van der Waals surface area contributed by atoms with Crippen molar-refractivity contribution in [3.05, 3.63) is 105 Å². The third kappa shape index (κ3) is 2.91. The van der Waals surface area contributed by atoms with E-state index in [-0.39, 0.29) is 17.9 Å². The van der Waals surface area contributed by atoms with Crippen molar-refractivity contribution < 1.29 is 4.92 Å². The van der Waals surface area contributed by atoms with Crippen LogP contribution in [0.2, 0.25) is 0 Å². The topological polar surface area (TPSA) is 95.3 Å². The van der Waals surface area contributed by atoms with Crippen molar-refractivity contribution in [3.8, 4) is 11.4 Å². The molecule has 5 aromatic rings. The lowest BCUT2D eigenvalue weighted by atomic mass is 10.2. The zero-order valence-corrected chi connectivity index (χ0v) is 15.7. The van der Waals surface area contributed by atoms with Crippen molar-refractivity contribution in [2.45, 2.75) is 6.54 Å². The monoisotopic (exact) mass is 397 g/mol. The highest BCUT2D eigenvalue weighted by atomic mass is 16.6. The van der Waals surface area contributed by atoms with Crippen LogP contribution in [0.4, 0.5) is 5.69 Å². The molecule has 8 nitrogen and oxygen atoms in total. The van der Waals surface area contributed by atoms with E-state index in [0.29, 0.717) is 11.5 Å². The fraction of sp³-hybridized carbons (Fsp3) is 0.0455. The summed E-state index contributed by atoms with van der Waals surface area (Å²) >= 11 is 0. The van der Waals surface area contributed by atoms with Crippen LogP contribution >= 0.6 is 0 Å². The molecule has 146 valence electrons. The number of nitrogens with zero attached hydrogens (tertiary/aromatic N) is 5. The second-order valence-corrected chi connectivity index (χ2v) is 6.85. The van der Waals surface area contributed by atoms with Crippen molar-refractivity contribution in [1.82, 2.24) is 19.2 Å². The van der Waals surface area contributed by atoms with Crippen molar-refractivity contribution in [2.75, 3.05) is 0 Å². The normalized spacial score (nSPS) is 11.2. The summed E-state index contributed by atoms with van der Waals surface area (Å²) in [6, 6.07) is 23.2. The highest BCUT2D eigenvalue weighted by molar-refractivity contribution is 5.91. The number of fused-ring (bicyclic) bond motifs is 3. The molecule has 0 fully saturated rings. The van der Waals surface area contributed by atoms with E-state index in [1.807, 2.05) is 54.6 Å². The Balaban J connectivity index is 1.70. The van der Waals surface area contributed by atoms with Gasteiger partial charge in [0.05, 0.1) is 17.0 Å². The molecule has 0 amide bonds. The van der Waals surface area contributed by atoms with Crippen molar-refractivity contribution in [1.29, 1.82) is 0 Å². The molecule has 0 N–H and O–H groups in total. The standard InChI is InChI=1S/C22H15N5O3/c28-22-25(14-15-10-12-17(13-11-15)27(29)30)19-9-5-4-8-18(19)21-23-20(24-26(21)22)16-6-2-1-3-7-16/h1-13H,14H2. The summed E-state index contributed by atoms with van der Waals surface area (Å²) < 4.78 is 2.92. The van der Waals surface area contributed by atoms with E-state index >= 15 is 0 Å². The van der Waals surface area contributed by atoms with E-state index in [2.05, 4.69) is 10.1 Å². The molecule has 2 heterocycles. The van der Waals surface area contributed by atoms with Gasteiger partial charge in [0, 0.05) is 23.1 Å². The second kappa shape index (κ2) is 6.93. The predicted octanol–water partition coefficient (Wildman–Crippen LogP) is 3.67. The van der Waals surface area contributed by atoms with Crippen LogP contribution in [-0.4, -0.2) is 24.1 Å². The Morgan fingerprint density at radius 1 is 0.900 bits per heavy atom. The van der Waals surface area contributed by atoms with Gasteiger partial charge in [-0.3, -0.25) is 14.7 Å². The minimum Gasteiger partial charge on any atom is -0.287 e. The molecular formula is C22H15N5O3. The maximum atomic E-state index is 13.3. The minimum atomic E-state index is -0.447. The molecule has 0 atom stereocenters. The number of hydrogen-bond acceptors (Lipinski definition) is 5. The van der Waals surface area contributed by atoms with Crippen LogP contribution < -0.4 is 5.69 Å². The highest BCUT2D eigenvalue weighted by Crippen LogP contribution is 2.22. The summed E-state index contributed by atoms with van der Waals surface area (Å²) in [5, 5.41) is 16.2. The van der Waals surface area contributed by atoms with Gasteiger partial charge in [-0.05, 0) is 17.7 Å². The summed E-state index contributed by atoms with van der Waals surface area (Å²) in [5.41, 5.74) is 2.50. The van der Waals surface area contributed by atoms with Crippen LogP contribution in [0.1, 0.15) is 5.56 Å². The Bertz CT molecular complexity index is 1450. The number of nitro benzene ring substituents is 1. The average Bonchev–Trinajstić information content (AvgIpc) is 3.24. The molecule has 0 aliphatic rings. The van der Waals surface area contributed by atoms with E-state index in [0.717, 1.165) is 22.0 Å². The summed E-state index contributed by atoms with van der Waals surface area (Å²) in [5.74, 6) is 0.478. The lowest BCUT2D eigenvalue weighted by Gasteiger charge is -2.11. The van der Waals surface area contributed by atoms with Gasteiger partial charge in [-0.2, -0.15) is 4.52 Å². The maximum absolute atomic E-state index is 13.3. The van der Waals surface area contributed by atoms with E-state index in [1.165, 1.54) is 16.6 Å². The molecule has 3 aromatic carbocycles. The Morgan fingerprint density at radius 3 is 2.33 bits per heavy atom. The van der Waals surface area contributed by atoms with Gasteiger partial charge in [0.1, 0.15) is 0 Å². The van der Waals surface area contributed by atoms with E-state index in [4.69, 9.17) is 0 Å². The molecule has 0 saturated heterocycles. The molecule has 0 saturated carbocycles. The van der Waals surface area contributed by atoms with Crippen LogP contribution in [0.25, 0.3) is 27.9 Å². The molecule has 0 aliphatic carbocycles. The Labute approximate surface area is 169 Å². The largest absolute Gasteiger partial charge is 0.351 e. The number of para-hydroxylation sites is 1. The van der Waals surface area contributed by atoms with Gasteiger partial charge in [0.25, 0.3) is 5.69 Å². The lowest BCUT2D eigenvalue weighted by Crippen LogP contribution is -2.28. The van der Waals surface area contributed by atoms with Gasteiger partial charge in [0.2, 0.25) is 0 Å². The second-order valence-electron chi connectivity index (χ2n) is 6.85. The van der Waals surface area contributed by atoms with Gasteiger partial charge in [-0.25, -0.2) is 9.78 Å². The Morgan fingerprint density at radius 2 is 1.60 bits per heavy atom. The molecule has 30 heavy (non-hydrogen) atoms. The third-order valence-electron chi connectivity index (χ3n) is 4.97. The Hall–Kier alpha value is -4.33. The number of nitro groups is 1. The smallest absolute Gasteiger partial charge is 0.287 e.